The maximum atomic E-state index is 11.3. The van der Waals surface area contributed by atoms with Crippen molar-refractivity contribution in [2.75, 3.05) is 6.54 Å². The first-order chi connectivity index (χ1) is 8.84. The van der Waals surface area contributed by atoms with Crippen molar-refractivity contribution in [3.05, 3.63) is 30.1 Å². The van der Waals surface area contributed by atoms with Crippen LogP contribution in [0, 0.1) is 0 Å². The highest BCUT2D eigenvalue weighted by molar-refractivity contribution is 5.79. The Morgan fingerprint density at radius 2 is 1.83 bits per heavy atom. The summed E-state index contributed by atoms with van der Waals surface area (Å²) in [6.45, 7) is 1.19. The van der Waals surface area contributed by atoms with Crippen LogP contribution in [-0.4, -0.2) is 28.3 Å². The van der Waals surface area contributed by atoms with Crippen LogP contribution in [-0.2, 0) is 4.79 Å². The van der Waals surface area contributed by atoms with E-state index < -0.39 is 0 Å². The number of carbonyl (C=O) groups is 1. The molecule has 1 aliphatic carbocycles. The number of hydrogen-bond acceptors (Lipinski definition) is 3. The van der Waals surface area contributed by atoms with Gasteiger partial charge in [-0.15, -0.1) is 0 Å². The second-order valence-electron chi connectivity index (χ2n) is 5.45. The lowest BCUT2D eigenvalue weighted by Crippen LogP contribution is -2.37. The van der Waals surface area contributed by atoms with Crippen LogP contribution >= 0.6 is 0 Å². The predicted molar refractivity (Wildman–Crippen MR) is 70.2 cm³/mol. The Bertz CT molecular complexity index is 408. The molecule has 3 rings (SSSR count). The fourth-order valence-corrected chi connectivity index (χ4v) is 3.43. The molecule has 0 bridgehead atoms. The third-order valence-corrected chi connectivity index (χ3v) is 4.37. The fourth-order valence-electron chi connectivity index (χ4n) is 3.43. The quantitative estimate of drug-likeness (QED) is 0.802. The molecule has 0 amide bonds. The summed E-state index contributed by atoms with van der Waals surface area (Å²) >= 11 is 0. The molecular weight excluding hydrogens is 224 g/mol. The molecule has 1 saturated heterocycles. The van der Waals surface area contributed by atoms with Crippen LogP contribution in [0.1, 0.15) is 50.1 Å². The molecule has 0 N–H and O–H groups in total. The number of pyridine rings is 1. The molecule has 1 aliphatic heterocycles. The molecule has 3 heteroatoms. The van der Waals surface area contributed by atoms with E-state index in [0.717, 1.165) is 25.7 Å². The smallest absolute Gasteiger partial charge is 0.133 e. The molecule has 1 aromatic rings. The molecule has 18 heavy (non-hydrogen) atoms. The van der Waals surface area contributed by atoms with Gasteiger partial charge in [0.25, 0.3) is 0 Å². The summed E-state index contributed by atoms with van der Waals surface area (Å²) in [5, 5.41) is 0. The van der Waals surface area contributed by atoms with E-state index in [2.05, 4.69) is 22.0 Å². The Hall–Kier alpha value is -1.22. The van der Waals surface area contributed by atoms with Crippen molar-refractivity contribution in [1.29, 1.82) is 0 Å². The largest absolute Gasteiger partial charge is 0.300 e. The zero-order valence-electron chi connectivity index (χ0n) is 10.7. The molecule has 1 unspecified atom stereocenters. The standard InChI is InChI=1S/C15H20N2O/c18-14-5-3-13(4-6-14)17-11-1-2-15(17)12-7-9-16-10-8-12/h7-10,13,15H,1-6,11H2. The second kappa shape index (κ2) is 5.19. The maximum Gasteiger partial charge on any atom is 0.133 e. The SMILES string of the molecule is O=C1CCC(N2CCCC2c2ccncc2)CC1. The van der Waals surface area contributed by atoms with Crippen molar-refractivity contribution in [1.82, 2.24) is 9.88 Å². The topological polar surface area (TPSA) is 33.2 Å². The predicted octanol–water partition coefficient (Wildman–Crippen LogP) is 2.73. The minimum Gasteiger partial charge on any atom is -0.300 e. The number of nitrogens with zero attached hydrogens (tertiary/aromatic N) is 2. The van der Waals surface area contributed by atoms with E-state index in [4.69, 9.17) is 0 Å². The van der Waals surface area contributed by atoms with E-state index in [9.17, 15) is 4.79 Å². The fraction of sp³-hybridized carbons (Fsp3) is 0.600. The van der Waals surface area contributed by atoms with E-state index in [1.165, 1.54) is 24.9 Å². The molecule has 0 radical (unpaired) electrons. The molecule has 0 aromatic carbocycles. The highest BCUT2D eigenvalue weighted by atomic mass is 16.1. The number of ketones is 1. The van der Waals surface area contributed by atoms with Gasteiger partial charge in [0.05, 0.1) is 0 Å². The summed E-state index contributed by atoms with van der Waals surface area (Å²) in [5.41, 5.74) is 1.39. The van der Waals surface area contributed by atoms with Gasteiger partial charge < -0.3 is 0 Å². The number of hydrogen-bond donors (Lipinski definition) is 0. The van der Waals surface area contributed by atoms with Crippen molar-refractivity contribution in [2.45, 2.75) is 50.6 Å². The monoisotopic (exact) mass is 244 g/mol. The van der Waals surface area contributed by atoms with Crippen LogP contribution in [0.25, 0.3) is 0 Å². The van der Waals surface area contributed by atoms with Gasteiger partial charge in [-0.3, -0.25) is 14.7 Å². The van der Waals surface area contributed by atoms with Crippen LogP contribution in [0.15, 0.2) is 24.5 Å². The Labute approximate surface area is 108 Å². The minimum absolute atomic E-state index is 0.450. The molecule has 3 nitrogen and oxygen atoms in total. The first-order valence-electron chi connectivity index (χ1n) is 7.02. The van der Waals surface area contributed by atoms with E-state index in [1.54, 1.807) is 0 Å². The number of rotatable bonds is 2. The van der Waals surface area contributed by atoms with Gasteiger partial charge in [-0.05, 0) is 49.9 Å². The first-order valence-corrected chi connectivity index (χ1v) is 7.02. The van der Waals surface area contributed by atoms with Crippen molar-refractivity contribution in [3.63, 3.8) is 0 Å². The molecule has 2 aliphatic rings. The lowest BCUT2D eigenvalue weighted by atomic mass is 9.92. The van der Waals surface area contributed by atoms with Gasteiger partial charge >= 0.3 is 0 Å². The minimum atomic E-state index is 0.450. The normalized spacial score (nSPS) is 26.7. The first kappa shape index (κ1) is 11.8. The van der Waals surface area contributed by atoms with Crippen LogP contribution < -0.4 is 0 Å². The van der Waals surface area contributed by atoms with Crippen molar-refractivity contribution in [3.8, 4) is 0 Å². The molecule has 2 heterocycles. The van der Waals surface area contributed by atoms with Crippen LogP contribution in [0.2, 0.25) is 0 Å². The third-order valence-electron chi connectivity index (χ3n) is 4.37. The zero-order valence-corrected chi connectivity index (χ0v) is 10.7. The third kappa shape index (κ3) is 2.32. The number of Topliss-reactive ketones (excluding diaryl/α,β-unsaturated/α-hetero) is 1. The summed E-state index contributed by atoms with van der Waals surface area (Å²) in [4.78, 5) is 18.1. The van der Waals surface area contributed by atoms with Gasteiger partial charge in [0.15, 0.2) is 0 Å². The van der Waals surface area contributed by atoms with Crippen LogP contribution in [0.4, 0.5) is 0 Å². The number of aromatic nitrogens is 1. The highest BCUT2D eigenvalue weighted by Crippen LogP contribution is 2.36. The van der Waals surface area contributed by atoms with Gasteiger partial charge in [-0.25, -0.2) is 0 Å². The average Bonchev–Trinajstić information content (AvgIpc) is 2.90. The van der Waals surface area contributed by atoms with Crippen molar-refractivity contribution >= 4 is 5.78 Å². The van der Waals surface area contributed by atoms with E-state index in [-0.39, 0.29) is 0 Å². The summed E-state index contributed by atoms with van der Waals surface area (Å²) < 4.78 is 0. The van der Waals surface area contributed by atoms with Crippen LogP contribution in [0.5, 0.6) is 0 Å². The molecule has 1 saturated carbocycles. The van der Waals surface area contributed by atoms with Crippen molar-refractivity contribution in [2.24, 2.45) is 0 Å². The molecule has 96 valence electrons. The van der Waals surface area contributed by atoms with E-state index in [1.807, 2.05) is 12.4 Å². The lowest BCUT2D eigenvalue weighted by Gasteiger charge is -2.35. The highest BCUT2D eigenvalue weighted by Gasteiger charge is 2.33. The van der Waals surface area contributed by atoms with E-state index >= 15 is 0 Å². The van der Waals surface area contributed by atoms with Gasteiger partial charge in [0.2, 0.25) is 0 Å². The molecule has 1 atom stereocenters. The number of likely N-dealkylation sites (tertiary alicyclic amines) is 1. The Balaban J connectivity index is 1.73. The molecular formula is C15H20N2O. The lowest BCUT2D eigenvalue weighted by molar-refractivity contribution is -0.121. The summed E-state index contributed by atoms with van der Waals surface area (Å²) in [5.74, 6) is 0.450. The summed E-state index contributed by atoms with van der Waals surface area (Å²) in [7, 11) is 0. The molecule has 2 fully saturated rings. The Morgan fingerprint density at radius 1 is 1.11 bits per heavy atom. The molecule has 0 spiro atoms. The number of carbonyl (C=O) groups excluding carboxylic acids is 1. The second-order valence-corrected chi connectivity index (χ2v) is 5.45. The Kier molecular flexibility index (Phi) is 3.41. The van der Waals surface area contributed by atoms with E-state index in [0.29, 0.717) is 17.9 Å². The molecule has 1 aromatic heterocycles. The van der Waals surface area contributed by atoms with Crippen molar-refractivity contribution < 1.29 is 4.79 Å². The van der Waals surface area contributed by atoms with Gasteiger partial charge in [0.1, 0.15) is 5.78 Å². The van der Waals surface area contributed by atoms with Gasteiger partial charge in [-0.1, -0.05) is 0 Å². The summed E-state index contributed by atoms with van der Waals surface area (Å²) in [6, 6.07) is 5.43. The van der Waals surface area contributed by atoms with Gasteiger partial charge in [0, 0.05) is 37.3 Å². The van der Waals surface area contributed by atoms with Crippen LogP contribution in [0.3, 0.4) is 0 Å². The Morgan fingerprint density at radius 3 is 2.56 bits per heavy atom. The summed E-state index contributed by atoms with van der Waals surface area (Å²) in [6.07, 6.45) is 9.97. The zero-order chi connectivity index (χ0) is 12.4. The van der Waals surface area contributed by atoms with Gasteiger partial charge in [-0.2, -0.15) is 0 Å². The average molecular weight is 244 g/mol. The maximum absolute atomic E-state index is 11.3.